The fourth-order valence-corrected chi connectivity index (χ4v) is 3.26. The lowest BCUT2D eigenvalue weighted by Crippen LogP contribution is -2.35. The molecule has 0 spiro atoms. The van der Waals surface area contributed by atoms with E-state index in [1.807, 2.05) is 0 Å². The maximum Gasteiger partial charge on any atom is 0.165 e. The third-order valence-corrected chi connectivity index (χ3v) is 4.55. The molecule has 2 saturated heterocycles. The first-order valence-electron chi connectivity index (χ1n) is 8.73. The molecule has 0 aliphatic carbocycles. The first-order chi connectivity index (χ1) is 12.9. The molecule has 4 N–H and O–H groups in total. The number of nitrogens with zero attached hydrogens (tertiary/aromatic N) is 4. The van der Waals surface area contributed by atoms with Crippen molar-refractivity contribution >= 4 is 11.2 Å². The predicted molar refractivity (Wildman–Crippen MR) is 93.3 cm³/mol. The van der Waals surface area contributed by atoms with Crippen molar-refractivity contribution in [3.05, 3.63) is 30.7 Å². The molecule has 2 aromatic rings. The van der Waals surface area contributed by atoms with Crippen LogP contribution in [0.4, 0.5) is 0 Å². The van der Waals surface area contributed by atoms with Crippen LogP contribution >= 0.6 is 0 Å². The van der Waals surface area contributed by atoms with Gasteiger partial charge in [-0.2, -0.15) is 0 Å². The molecule has 5 atom stereocenters. The number of hydrogen-bond acceptors (Lipinski definition) is 9. The SMILES string of the molecule is C=C(C)[O-].NC[C@H]1O[C@@H](n2cnc3c(C4CCOC4)ncnc32)[C@@H](O)[C@H]1O. The van der Waals surface area contributed by atoms with Crippen molar-refractivity contribution in [2.24, 2.45) is 5.73 Å². The van der Waals surface area contributed by atoms with Gasteiger partial charge in [-0.05, 0) is 6.42 Å². The van der Waals surface area contributed by atoms with E-state index in [0.29, 0.717) is 24.4 Å². The Kier molecular flexibility index (Phi) is 6.02. The third kappa shape index (κ3) is 3.94. The number of ether oxygens (including phenoxy) is 2. The van der Waals surface area contributed by atoms with E-state index < -0.39 is 24.5 Å². The van der Waals surface area contributed by atoms with Crippen LogP contribution in [-0.4, -0.2) is 67.8 Å². The summed E-state index contributed by atoms with van der Waals surface area (Å²) in [6.45, 7) is 5.88. The van der Waals surface area contributed by atoms with Crippen molar-refractivity contribution in [1.29, 1.82) is 0 Å². The summed E-state index contributed by atoms with van der Waals surface area (Å²) in [5, 5.41) is 29.5. The van der Waals surface area contributed by atoms with E-state index in [1.54, 1.807) is 10.9 Å². The molecule has 1 unspecified atom stereocenters. The zero-order valence-corrected chi connectivity index (χ0v) is 15.1. The summed E-state index contributed by atoms with van der Waals surface area (Å²) >= 11 is 0. The first-order valence-corrected chi connectivity index (χ1v) is 8.73. The highest BCUT2D eigenvalue weighted by Gasteiger charge is 2.43. The van der Waals surface area contributed by atoms with Gasteiger partial charge in [-0.3, -0.25) is 4.57 Å². The van der Waals surface area contributed by atoms with Crippen LogP contribution < -0.4 is 10.8 Å². The van der Waals surface area contributed by atoms with Crippen molar-refractivity contribution in [1.82, 2.24) is 19.5 Å². The summed E-state index contributed by atoms with van der Waals surface area (Å²) < 4.78 is 12.7. The Hall–Kier alpha value is -2.11. The molecule has 2 aliphatic heterocycles. The Morgan fingerprint density at radius 1 is 1.37 bits per heavy atom. The zero-order valence-electron chi connectivity index (χ0n) is 15.1. The van der Waals surface area contributed by atoms with Gasteiger partial charge >= 0.3 is 0 Å². The second kappa shape index (κ2) is 8.28. The third-order valence-electron chi connectivity index (χ3n) is 4.55. The van der Waals surface area contributed by atoms with Gasteiger partial charge in [0, 0.05) is 19.1 Å². The van der Waals surface area contributed by atoms with Crippen LogP contribution in [0.2, 0.25) is 0 Å². The average Bonchev–Trinajstić information content (AvgIpc) is 3.35. The molecule has 10 heteroatoms. The summed E-state index contributed by atoms with van der Waals surface area (Å²) in [4.78, 5) is 13.0. The number of allylic oxidation sites excluding steroid dienone is 1. The molecular formula is C17H24N5O5-. The van der Waals surface area contributed by atoms with E-state index >= 15 is 0 Å². The number of aromatic nitrogens is 4. The van der Waals surface area contributed by atoms with E-state index in [4.69, 9.17) is 15.2 Å². The Bertz CT molecular complexity index is 787. The van der Waals surface area contributed by atoms with Gasteiger partial charge in [0.15, 0.2) is 11.9 Å². The van der Waals surface area contributed by atoms with Crippen molar-refractivity contribution in [3.8, 4) is 0 Å². The van der Waals surface area contributed by atoms with Gasteiger partial charge < -0.3 is 30.5 Å². The number of aliphatic hydroxyl groups excluding tert-OH is 2. The summed E-state index contributed by atoms with van der Waals surface area (Å²) in [5.74, 6) is 0.112. The van der Waals surface area contributed by atoms with Gasteiger partial charge in [0.2, 0.25) is 0 Å². The van der Waals surface area contributed by atoms with E-state index in [1.165, 1.54) is 13.3 Å². The number of fused-ring (bicyclic) bond motifs is 1. The van der Waals surface area contributed by atoms with Crippen molar-refractivity contribution in [2.75, 3.05) is 19.8 Å². The molecule has 2 aromatic heterocycles. The lowest BCUT2D eigenvalue weighted by Gasteiger charge is -2.16. The monoisotopic (exact) mass is 378 g/mol. The molecular weight excluding hydrogens is 354 g/mol. The Balaban J connectivity index is 0.000000481. The van der Waals surface area contributed by atoms with Gasteiger partial charge in [0.25, 0.3) is 0 Å². The Morgan fingerprint density at radius 3 is 2.70 bits per heavy atom. The molecule has 0 aromatic carbocycles. The highest BCUT2D eigenvalue weighted by atomic mass is 16.6. The lowest BCUT2D eigenvalue weighted by atomic mass is 10.0. The van der Waals surface area contributed by atoms with Gasteiger partial charge in [0.1, 0.15) is 30.2 Å². The number of aliphatic hydroxyl groups is 2. The minimum atomic E-state index is -1.09. The molecule has 10 nitrogen and oxygen atoms in total. The first kappa shape index (κ1) is 19.6. The van der Waals surface area contributed by atoms with Crippen LogP contribution in [0.15, 0.2) is 25.0 Å². The van der Waals surface area contributed by atoms with Crippen LogP contribution in [-0.2, 0) is 9.47 Å². The quantitative estimate of drug-likeness (QED) is 0.558. The highest BCUT2D eigenvalue weighted by molar-refractivity contribution is 5.74. The van der Waals surface area contributed by atoms with Crippen molar-refractivity contribution in [2.45, 2.75) is 43.8 Å². The predicted octanol–water partition coefficient (Wildman–Crippen LogP) is -1.21. The minimum absolute atomic E-state index is 0.0833. The summed E-state index contributed by atoms with van der Waals surface area (Å²) in [6, 6.07) is 0. The van der Waals surface area contributed by atoms with Crippen LogP contribution in [0.5, 0.6) is 0 Å². The smallest absolute Gasteiger partial charge is 0.165 e. The van der Waals surface area contributed by atoms with Gasteiger partial charge in [0.05, 0.1) is 18.6 Å². The van der Waals surface area contributed by atoms with E-state index in [0.717, 1.165) is 12.1 Å². The number of imidazole rings is 1. The molecule has 4 heterocycles. The second-order valence-corrected chi connectivity index (χ2v) is 6.63. The van der Waals surface area contributed by atoms with Gasteiger partial charge in [-0.1, -0.05) is 6.92 Å². The van der Waals surface area contributed by atoms with Gasteiger partial charge in [-0.15, -0.1) is 12.3 Å². The molecule has 0 bridgehead atoms. The van der Waals surface area contributed by atoms with Crippen molar-refractivity contribution < 1.29 is 24.8 Å². The molecule has 27 heavy (non-hydrogen) atoms. The van der Waals surface area contributed by atoms with Crippen LogP contribution in [0.3, 0.4) is 0 Å². The molecule has 0 saturated carbocycles. The van der Waals surface area contributed by atoms with Crippen LogP contribution in [0, 0.1) is 0 Å². The average molecular weight is 378 g/mol. The maximum absolute atomic E-state index is 10.2. The maximum atomic E-state index is 10.2. The number of rotatable bonds is 3. The molecule has 2 aliphatic rings. The normalized spacial score (nSPS) is 30.3. The zero-order chi connectivity index (χ0) is 19.6. The Morgan fingerprint density at radius 2 is 2.11 bits per heavy atom. The number of hydrogen-bond donors (Lipinski definition) is 3. The minimum Gasteiger partial charge on any atom is -0.876 e. The number of nitrogens with two attached hydrogens (primary N) is 1. The largest absolute Gasteiger partial charge is 0.876 e. The van der Waals surface area contributed by atoms with Crippen LogP contribution in [0.25, 0.3) is 11.2 Å². The topological polar surface area (TPSA) is 152 Å². The lowest BCUT2D eigenvalue weighted by molar-refractivity contribution is -0.300. The standard InChI is InChI=1S/C14H19N5O4.C3H6O/c15-3-8-11(20)12(21)14(23-8)19-6-18-10-9(7-1-2-22-4-7)16-5-17-13(10)19;1-3(2)4/h5-8,11-12,14,20-21H,1-4,15H2;4H,1H2,2H3/p-1/t7?,8-,11+,12+,14-;/m1./s1. The molecule has 148 valence electrons. The van der Waals surface area contributed by atoms with E-state index in [-0.39, 0.29) is 18.2 Å². The molecule has 0 radical (unpaired) electrons. The van der Waals surface area contributed by atoms with E-state index in [2.05, 4.69) is 21.5 Å². The van der Waals surface area contributed by atoms with Crippen LogP contribution in [0.1, 0.15) is 31.2 Å². The second-order valence-electron chi connectivity index (χ2n) is 6.63. The van der Waals surface area contributed by atoms with Gasteiger partial charge in [-0.25, -0.2) is 15.0 Å². The van der Waals surface area contributed by atoms with Crippen molar-refractivity contribution in [3.63, 3.8) is 0 Å². The molecule has 0 amide bonds. The summed E-state index contributed by atoms with van der Waals surface area (Å²) in [5.41, 5.74) is 7.64. The molecule has 4 rings (SSSR count). The summed E-state index contributed by atoms with van der Waals surface area (Å²) in [6.07, 6.45) is 0.421. The van der Waals surface area contributed by atoms with E-state index in [9.17, 15) is 15.3 Å². The Labute approximate surface area is 156 Å². The fraction of sp³-hybridized carbons (Fsp3) is 0.588. The summed E-state index contributed by atoms with van der Waals surface area (Å²) in [7, 11) is 0. The fourth-order valence-electron chi connectivity index (χ4n) is 3.26. The molecule has 2 fully saturated rings. The highest BCUT2D eigenvalue weighted by Crippen LogP contribution is 2.33.